The van der Waals surface area contributed by atoms with E-state index < -0.39 is 30.5 Å². The van der Waals surface area contributed by atoms with E-state index in [0.29, 0.717) is 10.6 Å². The third kappa shape index (κ3) is 3.89. The fourth-order valence-electron chi connectivity index (χ4n) is 2.77. The second kappa shape index (κ2) is 5.85. The maximum Gasteiger partial charge on any atom is 0.401 e. The van der Waals surface area contributed by atoms with Gasteiger partial charge in [0.15, 0.2) is 0 Å². The molecule has 0 spiro atoms. The van der Waals surface area contributed by atoms with Gasteiger partial charge in [0.05, 0.1) is 12.5 Å². The van der Waals surface area contributed by atoms with Gasteiger partial charge in [-0.2, -0.15) is 13.2 Å². The summed E-state index contributed by atoms with van der Waals surface area (Å²) in [6, 6.07) is 5.18. The Morgan fingerprint density at radius 2 is 2.10 bits per heavy atom. The maximum atomic E-state index is 12.5. The Balaban J connectivity index is 2.26. The highest BCUT2D eigenvalue weighted by molar-refractivity contribution is 6.31. The molecule has 3 nitrogen and oxygen atoms in total. The van der Waals surface area contributed by atoms with Gasteiger partial charge in [0, 0.05) is 24.0 Å². The third-order valence-electron chi connectivity index (χ3n) is 3.67. The lowest BCUT2D eigenvalue weighted by Gasteiger charge is -2.18. The van der Waals surface area contributed by atoms with Crippen molar-refractivity contribution in [2.24, 2.45) is 5.92 Å². The molecule has 116 valence electrons. The molecule has 0 aliphatic carbocycles. The Hall–Kier alpha value is -1.27. The van der Waals surface area contributed by atoms with Crippen LogP contribution in [0.3, 0.4) is 0 Å². The average Bonchev–Trinajstić information content (AvgIpc) is 2.70. The number of alkyl halides is 3. The van der Waals surface area contributed by atoms with Crippen molar-refractivity contribution < 1.29 is 23.1 Å². The number of carboxylic acid groups (broad SMARTS) is 1. The topological polar surface area (TPSA) is 40.5 Å². The molecule has 1 saturated heterocycles. The van der Waals surface area contributed by atoms with Gasteiger partial charge in [-0.15, -0.1) is 0 Å². The van der Waals surface area contributed by atoms with E-state index in [2.05, 4.69) is 0 Å². The molecule has 0 saturated carbocycles. The number of rotatable bonds is 3. The second-order valence-corrected chi connectivity index (χ2v) is 5.79. The minimum Gasteiger partial charge on any atom is -0.481 e. The lowest BCUT2D eigenvalue weighted by atomic mass is 9.88. The first-order valence-corrected chi connectivity index (χ1v) is 6.83. The predicted octanol–water partition coefficient (Wildman–Crippen LogP) is 3.31. The van der Waals surface area contributed by atoms with E-state index >= 15 is 0 Å². The number of hydrogen-bond donors (Lipinski definition) is 1. The van der Waals surface area contributed by atoms with E-state index in [-0.39, 0.29) is 13.1 Å². The summed E-state index contributed by atoms with van der Waals surface area (Å²) in [5.41, 5.74) is 1.51. The van der Waals surface area contributed by atoms with Crippen molar-refractivity contribution >= 4 is 17.6 Å². The molecule has 1 aromatic carbocycles. The number of aliphatic carboxylic acids is 1. The summed E-state index contributed by atoms with van der Waals surface area (Å²) in [5, 5.41) is 9.66. The first kappa shape index (κ1) is 16.1. The van der Waals surface area contributed by atoms with Crippen molar-refractivity contribution in [2.75, 3.05) is 19.6 Å². The van der Waals surface area contributed by atoms with Crippen LogP contribution >= 0.6 is 11.6 Å². The van der Waals surface area contributed by atoms with Crippen LogP contribution in [0.5, 0.6) is 0 Å². The van der Waals surface area contributed by atoms with Gasteiger partial charge in [-0.05, 0) is 24.1 Å². The van der Waals surface area contributed by atoms with E-state index in [1.165, 1.54) is 0 Å². The number of halogens is 4. The highest BCUT2D eigenvalue weighted by Gasteiger charge is 2.43. The SMILES string of the molecule is Cc1ccc([C@@H]2CN(CC(F)(F)F)C[C@@H]2C(=O)O)c(Cl)c1. The molecule has 1 aliphatic heterocycles. The molecule has 0 radical (unpaired) electrons. The largest absolute Gasteiger partial charge is 0.481 e. The number of likely N-dealkylation sites (tertiary alicyclic amines) is 1. The lowest BCUT2D eigenvalue weighted by molar-refractivity contribution is -0.147. The predicted molar refractivity (Wildman–Crippen MR) is 72.6 cm³/mol. The van der Waals surface area contributed by atoms with E-state index in [0.717, 1.165) is 10.5 Å². The molecule has 2 atom stereocenters. The van der Waals surface area contributed by atoms with Crippen molar-refractivity contribution in [3.63, 3.8) is 0 Å². The Labute approximate surface area is 125 Å². The number of carboxylic acids is 1. The van der Waals surface area contributed by atoms with Crippen molar-refractivity contribution in [3.05, 3.63) is 34.3 Å². The van der Waals surface area contributed by atoms with Crippen molar-refractivity contribution in [1.29, 1.82) is 0 Å². The molecule has 0 amide bonds. The summed E-state index contributed by atoms with van der Waals surface area (Å²) in [7, 11) is 0. The number of benzene rings is 1. The molecule has 1 aromatic rings. The molecule has 7 heteroatoms. The van der Waals surface area contributed by atoms with Crippen LogP contribution in [0.1, 0.15) is 17.0 Å². The average molecular weight is 322 g/mol. The Morgan fingerprint density at radius 3 is 2.62 bits per heavy atom. The van der Waals surface area contributed by atoms with Gasteiger partial charge < -0.3 is 5.11 Å². The van der Waals surface area contributed by atoms with Gasteiger partial charge in [0.2, 0.25) is 0 Å². The van der Waals surface area contributed by atoms with Gasteiger partial charge >= 0.3 is 12.1 Å². The summed E-state index contributed by atoms with van der Waals surface area (Å²) >= 11 is 6.13. The molecule has 1 heterocycles. The molecular weight excluding hydrogens is 307 g/mol. The molecule has 1 fully saturated rings. The minimum atomic E-state index is -4.34. The van der Waals surface area contributed by atoms with Crippen LogP contribution in [-0.2, 0) is 4.79 Å². The Morgan fingerprint density at radius 1 is 1.43 bits per heavy atom. The van der Waals surface area contributed by atoms with Crippen LogP contribution in [-0.4, -0.2) is 41.8 Å². The van der Waals surface area contributed by atoms with Crippen molar-refractivity contribution in [2.45, 2.75) is 19.0 Å². The van der Waals surface area contributed by atoms with Crippen LogP contribution < -0.4 is 0 Å². The maximum absolute atomic E-state index is 12.5. The second-order valence-electron chi connectivity index (χ2n) is 5.39. The minimum absolute atomic E-state index is 0.0409. The highest BCUT2D eigenvalue weighted by atomic mass is 35.5. The van der Waals surface area contributed by atoms with Gasteiger partial charge in [0.25, 0.3) is 0 Å². The molecule has 0 unspecified atom stereocenters. The normalized spacial score (nSPS) is 23.5. The van der Waals surface area contributed by atoms with Crippen LogP contribution in [0, 0.1) is 12.8 Å². The van der Waals surface area contributed by atoms with Crippen LogP contribution in [0.15, 0.2) is 18.2 Å². The fraction of sp³-hybridized carbons (Fsp3) is 0.500. The van der Waals surface area contributed by atoms with Crippen LogP contribution in [0.2, 0.25) is 5.02 Å². The first-order valence-electron chi connectivity index (χ1n) is 6.45. The summed E-state index contributed by atoms with van der Waals surface area (Å²) < 4.78 is 37.4. The highest BCUT2D eigenvalue weighted by Crippen LogP contribution is 2.37. The van der Waals surface area contributed by atoms with Crippen molar-refractivity contribution in [1.82, 2.24) is 4.90 Å². The molecule has 0 bridgehead atoms. The Kier molecular flexibility index (Phi) is 4.49. The summed E-state index contributed by atoms with van der Waals surface area (Å²) in [6.07, 6.45) is -4.34. The van der Waals surface area contributed by atoms with Gasteiger partial charge in [-0.3, -0.25) is 9.69 Å². The smallest absolute Gasteiger partial charge is 0.401 e. The number of nitrogens with zero attached hydrogens (tertiary/aromatic N) is 1. The zero-order valence-corrected chi connectivity index (χ0v) is 12.1. The van der Waals surface area contributed by atoms with Gasteiger partial charge in [0.1, 0.15) is 0 Å². The fourth-order valence-corrected chi connectivity index (χ4v) is 3.14. The standard InChI is InChI=1S/C14H15ClF3NO2/c1-8-2-3-9(12(15)4-8)10-5-19(7-14(16,17)18)6-11(10)13(20)21/h2-4,10-11H,5-7H2,1H3,(H,20,21)/t10-,11-/m0/s1. The number of hydrogen-bond acceptors (Lipinski definition) is 2. The summed E-state index contributed by atoms with van der Waals surface area (Å²) in [5.74, 6) is -2.51. The number of carbonyl (C=O) groups is 1. The van der Waals surface area contributed by atoms with Crippen LogP contribution in [0.25, 0.3) is 0 Å². The van der Waals surface area contributed by atoms with E-state index in [9.17, 15) is 23.1 Å². The Bertz CT molecular complexity index is 548. The van der Waals surface area contributed by atoms with Gasteiger partial charge in [-0.25, -0.2) is 0 Å². The van der Waals surface area contributed by atoms with E-state index in [1.807, 2.05) is 6.92 Å². The summed E-state index contributed by atoms with van der Waals surface area (Å²) in [6.45, 7) is 0.661. The van der Waals surface area contributed by atoms with Crippen LogP contribution in [0.4, 0.5) is 13.2 Å². The monoisotopic (exact) mass is 321 g/mol. The lowest BCUT2D eigenvalue weighted by Crippen LogP contribution is -2.33. The zero-order valence-electron chi connectivity index (χ0n) is 11.3. The molecule has 21 heavy (non-hydrogen) atoms. The third-order valence-corrected chi connectivity index (χ3v) is 4.00. The molecular formula is C14H15ClF3NO2. The van der Waals surface area contributed by atoms with E-state index in [1.54, 1.807) is 18.2 Å². The number of aryl methyl sites for hydroxylation is 1. The van der Waals surface area contributed by atoms with Crippen molar-refractivity contribution in [3.8, 4) is 0 Å². The zero-order chi connectivity index (χ0) is 15.8. The summed E-state index contributed by atoms with van der Waals surface area (Å²) in [4.78, 5) is 12.4. The van der Waals surface area contributed by atoms with E-state index in [4.69, 9.17) is 11.6 Å². The van der Waals surface area contributed by atoms with Gasteiger partial charge in [-0.1, -0.05) is 23.7 Å². The first-order chi connectivity index (χ1) is 9.67. The molecule has 0 aromatic heterocycles. The molecule has 1 aliphatic rings. The quantitative estimate of drug-likeness (QED) is 0.928. The molecule has 1 N–H and O–H groups in total. The molecule has 2 rings (SSSR count).